The molecule has 0 fully saturated rings. The van der Waals surface area contributed by atoms with Gasteiger partial charge >= 0.3 is 0 Å². The molecule has 1 aromatic heterocycles. The number of phenolic OH excluding ortho intramolecular Hbond substituents is 1. The average Bonchev–Trinajstić information content (AvgIpc) is 2.73. The van der Waals surface area contributed by atoms with Gasteiger partial charge in [-0.3, -0.25) is 4.68 Å². The van der Waals surface area contributed by atoms with E-state index in [0.29, 0.717) is 5.69 Å². The van der Waals surface area contributed by atoms with Crippen LogP contribution in [0.25, 0.3) is 0 Å². The van der Waals surface area contributed by atoms with E-state index in [-0.39, 0.29) is 5.75 Å². The van der Waals surface area contributed by atoms with Gasteiger partial charge in [-0.15, -0.1) is 5.10 Å². The second-order valence-corrected chi connectivity index (χ2v) is 3.31. The predicted octanol–water partition coefficient (Wildman–Crippen LogP) is 0.809. The largest absolute Gasteiger partial charge is 0.506 e. The number of benzene rings is 1. The third kappa shape index (κ3) is 2.25. The van der Waals surface area contributed by atoms with Gasteiger partial charge in [0.25, 0.3) is 0 Å². The fourth-order valence-corrected chi connectivity index (χ4v) is 1.36. The van der Waals surface area contributed by atoms with Crippen LogP contribution in [-0.2, 0) is 13.0 Å². The monoisotopic (exact) mass is 204 g/mol. The first kappa shape index (κ1) is 9.51. The molecule has 2 rings (SSSR count). The van der Waals surface area contributed by atoms with Crippen LogP contribution >= 0.6 is 0 Å². The molecular formula is C10H12N4O. The molecule has 1 aromatic carbocycles. The van der Waals surface area contributed by atoms with Crippen molar-refractivity contribution in [2.75, 3.05) is 5.73 Å². The summed E-state index contributed by atoms with van der Waals surface area (Å²) in [5.74, 6) is 0.125. The van der Waals surface area contributed by atoms with Gasteiger partial charge in [0, 0.05) is 12.7 Å². The highest BCUT2D eigenvalue weighted by molar-refractivity contribution is 5.53. The van der Waals surface area contributed by atoms with Crippen LogP contribution in [0.1, 0.15) is 5.56 Å². The number of hydrogen-bond donors (Lipinski definition) is 2. The van der Waals surface area contributed by atoms with Gasteiger partial charge in [-0.2, -0.15) is 0 Å². The molecule has 0 aliphatic rings. The topological polar surface area (TPSA) is 77.0 Å². The highest BCUT2D eigenvalue weighted by Gasteiger charge is 1.99. The van der Waals surface area contributed by atoms with Crippen LogP contribution in [0.5, 0.6) is 5.75 Å². The van der Waals surface area contributed by atoms with E-state index >= 15 is 0 Å². The minimum atomic E-state index is 0.125. The molecule has 5 nitrogen and oxygen atoms in total. The minimum absolute atomic E-state index is 0.125. The first-order chi connectivity index (χ1) is 7.25. The summed E-state index contributed by atoms with van der Waals surface area (Å²) in [6, 6.07) is 5.22. The van der Waals surface area contributed by atoms with Crippen LogP contribution in [0.15, 0.2) is 30.6 Å². The summed E-state index contributed by atoms with van der Waals surface area (Å²) >= 11 is 0. The maximum atomic E-state index is 9.24. The molecule has 0 aliphatic carbocycles. The van der Waals surface area contributed by atoms with Crippen molar-refractivity contribution < 1.29 is 5.11 Å². The van der Waals surface area contributed by atoms with Crippen LogP contribution in [-0.4, -0.2) is 20.1 Å². The molecule has 0 atom stereocenters. The molecule has 15 heavy (non-hydrogen) atoms. The normalized spacial score (nSPS) is 10.4. The van der Waals surface area contributed by atoms with Crippen LogP contribution in [0.3, 0.4) is 0 Å². The van der Waals surface area contributed by atoms with Crippen molar-refractivity contribution in [2.24, 2.45) is 0 Å². The highest BCUT2D eigenvalue weighted by Crippen LogP contribution is 2.20. The van der Waals surface area contributed by atoms with E-state index in [9.17, 15) is 5.11 Å². The molecule has 1 heterocycles. The lowest BCUT2D eigenvalue weighted by molar-refractivity contribution is 0.477. The molecular weight excluding hydrogens is 192 g/mol. The van der Waals surface area contributed by atoms with E-state index in [1.165, 1.54) is 0 Å². The Bertz CT molecular complexity index is 439. The fraction of sp³-hybridized carbons (Fsp3) is 0.200. The van der Waals surface area contributed by atoms with Gasteiger partial charge in [0.1, 0.15) is 5.75 Å². The second-order valence-electron chi connectivity index (χ2n) is 3.31. The number of aromatic hydroxyl groups is 1. The summed E-state index contributed by atoms with van der Waals surface area (Å²) in [7, 11) is 0. The summed E-state index contributed by atoms with van der Waals surface area (Å²) in [5.41, 5.74) is 7.06. The van der Waals surface area contributed by atoms with Crippen LogP contribution in [0.4, 0.5) is 5.69 Å². The number of aryl methyl sites for hydroxylation is 2. The molecule has 3 N–H and O–H groups in total. The molecule has 78 valence electrons. The molecule has 0 bridgehead atoms. The Labute approximate surface area is 87.1 Å². The first-order valence-electron chi connectivity index (χ1n) is 4.67. The van der Waals surface area contributed by atoms with E-state index in [1.807, 2.05) is 12.3 Å². The number of nitrogens with zero attached hydrogens (tertiary/aromatic N) is 3. The molecule has 2 aromatic rings. The minimum Gasteiger partial charge on any atom is -0.506 e. The molecule has 0 radical (unpaired) electrons. The molecule has 5 heteroatoms. The third-order valence-electron chi connectivity index (χ3n) is 2.19. The summed E-state index contributed by atoms with van der Waals surface area (Å²) in [5, 5.41) is 16.8. The van der Waals surface area contributed by atoms with Gasteiger partial charge in [0.05, 0.1) is 11.9 Å². The van der Waals surface area contributed by atoms with Gasteiger partial charge in [-0.05, 0) is 24.1 Å². The molecule has 0 aliphatic heterocycles. The Hall–Kier alpha value is -2.04. The lowest BCUT2D eigenvalue weighted by Crippen LogP contribution is -2.02. The van der Waals surface area contributed by atoms with E-state index in [2.05, 4.69) is 10.3 Å². The molecule has 0 spiro atoms. The van der Waals surface area contributed by atoms with E-state index in [1.54, 1.807) is 23.0 Å². The number of hydrogen-bond acceptors (Lipinski definition) is 4. The zero-order valence-corrected chi connectivity index (χ0v) is 8.17. The van der Waals surface area contributed by atoms with Crippen LogP contribution in [0.2, 0.25) is 0 Å². The van der Waals surface area contributed by atoms with E-state index < -0.39 is 0 Å². The lowest BCUT2D eigenvalue weighted by atomic mass is 10.1. The van der Waals surface area contributed by atoms with Crippen molar-refractivity contribution in [1.82, 2.24) is 15.0 Å². The maximum Gasteiger partial charge on any atom is 0.138 e. The maximum absolute atomic E-state index is 9.24. The number of rotatable bonds is 3. The number of nitrogen functional groups attached to an aromatic ring is 1. The van der Waals surface area contributed by atoms with Crippen molar-refractivity contribution in [3.63, 3.8) is 0 Å². The molecule has 0 saturated carbocycles. The van der Waals surface area contributed by atoms with Crippen molar-refractivity contribution in [2.45, 2.75) is 13.0 Å². The van der Waals surface area contributed by atoms with Gasteiger partial charge in [0.15, 0.2) is 0 Å². The van der Waals surface area contributed by atoms with Gasteiger partial charge in [-0.25, -0.2) is 0 Å². The van der Waals surface area contributed by atoms with Crippen LogP contribution < -0.4 is 5.73 Å². The first-order valence-corrected chi connectivity index (χ1v) is 4.67. The Morgan fingerprint density at radius 1 is 1.40 bits per heavy atom. The quantitative estimate of drug-likeness (QED) is 0.573. The average molecular weight is 204 g/mol. The van der Waals surface area contributed by atoms with Crippen LogP contribution in [0, 0.1) is 0 Å². The van der Waals surface area contributed by atoms with E-state index in [0.717, 1.165) is 18.5 Å². The Morgan fingerprint density at radius 2 is 2.27 bits per heavy atom. The zero-order valence-electron chi connectivity index (χ0n) is 8.17. The van der Waals surface area contributed by atoms with Gasteiger partial charge in [-0.1, -0.05) is 11.3 Å². The predicted molar refractivity (Wildman–Crippen MR) is 56.2 cm³/mol. The summed E-state index contributed by atoms with van der Waals surface area (Å²) in [6.07, 6.45) is 4.27. The Morgan fingerprint density at radius 3 is 2.93 bits per heavy atom. The van der Waals surface area contributed by atoms with Crippen molar-refractivity contribution >= 4 is 5.69 Å². The molecule has 0 amide bonds. The Balaban J connectivity index is 2.02. The highest BCUT2D eigenvalue weighted by atomic mass is 16.3. The van der Waals surface area contributed by atoms with Crippen molar-refractivity contribution in [3.05, 3.63) is 36.2 Å². The lowest BCUT2D eigenvalue weighted by Gasteiger charge is -2.04. The standard InChI is InChI=1S/C10H12N4O/c11-9-7-8(1-2-10(9)15)3-5-14-6-4-12-13-14/h1-2,4,6-7,15H,3,5,11H2. The molecule has 0 unspecified atom stereocenters. The third-order valence-corrected chi connectivity index (χ3v) is 2.19. The van der Waals surface area contributed by atoms with Crippen molar-refractivity contribution in [3.8, 4) is 5.75 Å². The zero-order chi connectivity index (χ0) is 10.7. The number of anilines is 1. The SMILES string of the molecule is Nc1cc(CCn2ccnn2)ccc1O. The smallest absolute Gasteiger partial charge is 0.138 e. The number of nitrogens with two attached hydrogens (primary N) is 1. The van der Waals surface area contributed by atoms with Gasteiger partial charge < -0.3 is 10.8 Å². The molecule has 0 saturated heterocycles. The van der Waals surface area contributed by atoms with Gasteiger partial charge in [0.2, 0.25) is 0 Å². The number of aromatic nitrogens is 3. The van der Waals surface area contributed by atoms with Crippen molar-refractivity contribution in [1.29, 1.82) is 0 Å². The van der Waals surface area contributed by atoms with E-state index in [4.69, 9.17) is 5.73 Å². The summed E-state index contributed by atoms with van der Waals surface area (Å²) in [6.45, 7) is 0.754. The second kappa shape index (κ2) is 4.00. The summed E-state index contributed by atoms with van der Waals surface area (Å²) in [4.78, 5) is 0. The summed E-state index contributed by atoms with van der Waals surface area (Å²) < 4.78 is 1.75. The Kier molecular flexibility index (Phi) is 2.53. The fourth-order valence-electron chi connectivity index (χ4n) is 1.36. The number of phenols is 1.